The highest BCUT2D eigenvalue weighted by Crippen LogP contribution is 2.00. The molecule has 0 spiro atoms. The lowest BCUT2D eigenvalue weighted by atomic mass is 10.2. The van der Waals surface area contributed by atoms with Gasteiger partial charge in [-0.05, 0) is 5.56 Å². The Morgan fingerprint density at radius 2 is 2.00 bits per heavy atom. The summed E-state index contributed by atoms with van der Waals surface area (Å²) in [6.07, 6.45) is -1.12. The third kappa shape index (κ3) is 5.31. The number of halogens is 1. The maximum atomic E-state index is 12.0. The molecule has 94 valence electrons. The van der Waals surface area contributed by atoms with E-state index in [9.17, 15) is 9.18 Å². The van der Waals surface area contributed by atoms with Crippen LogP contribution in [0.25, 0.3) is 0 Å². The highest BCUT2D eigenvalue weighted by Gasteiger charge is 2.10. The predicted octanol–water partition coefficient (Wildman–Crippen LogP) is 2.15. The van der Waals surface area contributed by atoms with Crippen LogP contribution in [0, 0.1) is 0 Å². The minimum Gasteiger partial charge on any atom is -0.465 e. The van der Waals surface area contributed by atoms with Crippen molar-refractivity contribution in [3.63, 3.8) is 0 Å². The first-order chi connectivity index (χ1) is 8.24. The van der Waals surface area contributed by atoms with E-state index in [1.54, 1.807) is 0 Å². The van der Waals surface area contributed by atoms with E-state index in [1.165, 1.54) is 0 Å². The summed E-state index contributed by atoms with van der Waals surface area (Å²) in [7, 11) is 0. The second kappa shape index (κ2) is 7.62. The predicted molar refractivity (Wildman–Crippen MR) is 61.7 cm³/mol. The van der Waals surface area contributed by atoms with Crippen LogP contribution in [0.4, 0.5) is 9.18 Å². The highest BCUT2D eigenvalue weighted by molar-refractivity contribution is 5.64. The maximum absolute atomic E-state index is 12.0. The largest absolute Gasteiger partial charge is 0.465 e. The average Bonchev–Trinajstić information content (AvgIpc) is 2.34. The second-order valence-corrected chi connectivity index (χ2v) is 3.50. The molecule has 0 saturated carbocycles. The van der Waals surface area contributed by atoms with Gasteiger partial charge in [-0.3, -0.25) is 0 Å². The molecule has 0 saturated heterocycles. The minimum atomic E-state index is -1.12. The van der Waals surface area contributed by atoms with Crippen LogP contribution in [0.5, 0.6) is 0 Å². The Kier molecular flexibility index (Phi) is 6.03. The monoisotopic (exact) mass is 241 g/mol. The van der Waals surface area contributed by atoms with Gasteiger partial charge in [0.1, 0.15) is 6.67 Å². The number of nitrogens with zero attached hydrogens (tertiary/aromatic N) is 1. The molecule has 4 nitrogen and oxygen atoms in total. The Hall–Kier alpha value is -1.62. The molecule has 0 heterocycles. The van der Waals surface area contributed by atoms with Crippen molar-refractivity contribution in [3.8, 4) is 0 Å². The SMILES string of the molecule is O=C(O)N(CCF)CCOCc1ccccc1. The summed E-state index contributed by atoms with van der Waals surface area (Å²) >= 11 is 0. The fourth-order valence-electron chi connectivity index (χ4n) is 1.34. The van der Waals surface area contributed by atoms with Gasteiger partial charge in [-0.2, -0.15) is 0 Å². The fraction of sp³-hybridized carbons (Fsp3) is 0.417. The van der Waals surface area contributed by atoms with Crippen molar-refractivity contribution in [2.75, 3.05) is 26.4 Å². The number of hydrogen-bond acceptors (Lipinski definition) is 2. The van der Waals surface area contributed by atoms with Crippen molar-refractivity contribution >= 4 is 6.09 Å². The molecule has 1 aromatic rings. The maximum Gasteiger partial charge on any atom is 0.407 e. The number of alkyl halides is 1. The molecule has 0 aliphatic rings. The van der Waals surface area contributed by atoms with Crippen LogP contribution in [-0.4, -0.2) is 42.5 Å². The normalized spacial score (nSPS) is 10.2. The zero-order valence-electron chi connectivity index (χ0n) is 9.51. The van der Waals surface area contributed by atoms with Crippen LogP contribution in [0.15, 0.2) is 30.3 Å². The van der Waals surface area contributed by atoms with Crippen LogP contribution in [-0.2, 0) is 11.3 Å². The molecule has 0 aliphatic carbocycles. The van der Waals surface area contributed by atoms with Crippen LogP contribution in [0.1, 0.15) is 5.56 Å². The molecule has 0 unspecified atom stereocenters. The lowest BCUT2D eigenvalue weighted by Gasteiger charge is -2.17. The first kappa shape index (κ1) is 13.4. The van der Waals surface area contributed by atoms with Crippen molar-refractivity contribution in [2.45, 2.75) is 6.61 Å². The van der Waals surface area contributed by atoms with E-state index < -0.39 is 12.8 Å². The third-order valence-electron chi connectivity index (χ3n) is 2.24. The first-order valence-electron chi connectivity index (χ1n) is 5.39. The quantitative estimate of drug-likeness (QED) is 0.744. The van der Waals surface area contributed by atoms with Crippen molar-refractivity contribution in [1.82, 2.24) is 4.90 Å². The molecular weight excluding hydrogens is 225 g/mol. The van der Waals surface area contributed by atoms with E-state index in [-0.39, 0.29) is 19.7 Å². The summed E-state index contributed by atoms with van der Waals surface area (Å²) in [5.74, 6) is 0. The van der Waals surface area contributed by atoms with Crippen LogP contribution in [0.3, 0.4) is 0 Å². The Bertz CT molecular complexity index is 332. The highest BCUT2D eigenvalue weighted by atomic mass is 19.1. The molecule has 17 heavy (non-hydrogen) atoms. The van der Waals surface area contributed by atoms with E-state index in [0.29, 0.717) is 6.61 Å². The Morgan fingerprint density at radius 3 is 2.59 bits per heavy atom. The molecule has 0 aliphatic heterocycles. The third-order valence-corrected chi connectivity index (χ3v) is 2.24. The summed E-state index contributed by atoms with van der Waals surface area (Å²) in [5, 5.41) is 8.72. The van der Waals surface area contributed by atoms with E-state index in [4.69, 9.17) is 9.84 Å². The van der Waals surface area contributed by atoms with Gasteiger partial charge in [0.05, 0.1) is 19.8 Å². The van der Waals surface area contributed by atoms with E-state index in [2.05, 4.69) is 0 Å². The van der Waals surface area contributed by atoms with E-state index in [0.717, 1.165) is 10.5 Å². The summed E-state index contributed by atoms with van der Waals surface area (Å²) in [6, 6.07) is 9.58. The molecule has 0 fully saturated rings. The number of hydrogen-bond donors (Lipinski definition) is 1. The second-order valence-electron chi connectivity index (χ2n) is 3.50. The zero-order chi connectivity index (χ0) is 12.5. The molecule has 0 atom stereocenters. The minimum absolute atomic E-state index is 0.107. The van der Waals surface area contributed by atoms with Gasteiger partial charge in [0.15, 0.2) is 0 Å². The van der Waals surface area contributed by atoms with Crippen molar-refractivity contribution in [2.24, 2.45) is 0 Å². The Morgan fingerprint density at radius 1 is 1.29 bits per heavy atom. The van der Waals surface area contributed by atoms with Gasteiger partial charge < -0.3 is 14.7 Å². The van der Waals surface area contributed by atoms with Crippen molar-refractivity contribution < 1.29 is 19.0 Å². The molecule has 0 bridgehead atoms. The number of ether oxygens (including phenoxy) is 1. The molecule has 0 radical (unpaired) electrons. The molecule has 1 aromatic carbocycles. The number of rotatable bonds is 7. The summed E-state index contributed by atoms with van der Waals surface area (Å²) in [4.78, 5) is 11.7. The molecule has 1 N–H and O–H groups in total. The molecule has 1 amide bonds. The van der Waals surface area contributed by atoms with Gasteiger partial charge in [0.2, 0.25) is 0 Å². The standard InChI is InChI=1S/C12H16FNO3/c13-6-7-14(12(15)16)8-9-17-10-11-4-2-1-3-5-11/h1-5H,6-10H2,(H,15,16). The number of benzene rings is 1. The molecule has 0 aromatic heterocycles. The van der Waals surface area contributed by atoms with Gasteiger partial charge in [-0.1, -0.05) is 30.3 Å². The summed E-state index contributed by atoms with van der Waals surface area (Å²) in [5.41, 5.74) is 1.03. The van der Waals surface area contributed by atoms with Gasteiger partial charge in [-0.15, -0.1) is 0 Å². The average molecular weight is 241 g/mol. The van der Waals surface area contributed by atoms with Gasteiger partial charge >= 0.3 is 6.09 Å². The van der Waals surface area contributed by atoms with Crippen LogP contribution < -0.4 is 0 Å². The zero-order valence-corrected chi connectivity index (χ0v) is 9.51. The molecular formula is C12H16FNO3. The van der Waals surface area contributed by atoms with E-state index in [1.807, 2.05) is 30.3 Å². The topological polar surface area (TPSA) is 49.8 Å². The number of carbonyl (C=O) groups is 1. The number of carboxylic acid groups (broad SMARTS) is 1. The number of amides is 1. The van der Waals surface area contributed by atoms with Gasteiger partial charge in [-0.25, -0.2) is 9.18 Å². The van der Waals surface area contributed by atoms with Crippen molar-refractivity contribution in [3.05, 3.63) is 35.9 Å². The summed E-state index contributed by atoms with van der Waals surface area (Å²) < 4.78 is 17.4. The lowest BCUT2D eigenvalue weighted by molar-refractivity contribution is 0.0841. The van der Waals surface area contributed by atoms with Gasteiger partial charge in [0.25, 0.3) is 0 Å². The molecule has 5 heteroatoms. The van der Waals surface area contributed by atoms with Crippen molar-refractivity contribution in [1.29, 1.82) is 0 Å². The smallest absolute Gasteiger partial charge is 0.407 e. The van der Waals surface area contributed by atoms with E-state index >= 15 is 0 Å². The van der Waals surface area contributed by atoms with Crippen LogP contribution >= 0.6 is 0 Å². The lowest BCUT2D eigenvalue weighted by Crippen LogP contribution is -2.34. The molecule has 1 rings (SSSR count). The van der Waals surface area contributed by atoms with Gasteiger partial charge in [0, 0.05) is 6.54 Å². The van der Waals surface area contributed by atoms with Crippen LogP contribution in [0.2, 0.25) is 0 Å². The Balaban J connectivity index is 2.20. The fourth-order valence-corrected chi connectivity index (χ4v) is 1.34. The summed E-state index contributed by atoms with van der Waals surface area (Å²) in [6.45, 7) is 0.103. The Labute approximate surface area is 99.6 Å². The first-order valence-corrected chi connectivity index (χ1v) is 5.39.